The van der Waals surface area contributed by atoms with Crippen LogP contribution in [-0.4, -0.2) is 17.8 Å². The topological polar surface area (TPSA) is 0 Å². The molecule has 0 aromatic carbocycles. The molecule has 0 saturated heterocycles. The first-order valence-electron chi connectivity index (χ1n) is 3.65. The second-order valence-electron chi connectivity index (χ2n) is 2.98. The Hall–Kier alpha value is -0.420. The largest absolute Gasteiger partial charge is 0.315 e. The lowest BCUT2D eigenvalue weighted by Gasteiger charge is -2.26. The Labute approximate surface area is 71.9 Å². The Kier molecular flexibility index (Phi) is 3.27. The molecule has 0 N–H and O–H groups in total. The molecule has 0 aliphatic carbocycles. The van der Waals surface area contributed by atoms with E-state index in [1.807, 2.05) is 0 Å². The van der Waals surface area contributed by atoms with Crippen LogP contribution in [0.3, 0.4) is 0 Å². The van der Waals surface area contributed by atoms with E-state index in [1.165, 1.54) is 0 Å². The number of hydrogen-bond donors (Lipinski definition) is 0. The molecule has 13 heavy (non-hydrogen) atoms. The molecule has 0 bridgehead atoms. The molecule has 0 heterocycles. The molecule has 0 rings (SSSR count). The number of alkyl halides is 6. The standard InChI is InChI=1S/C7H10F6/c1-3-6(10,11)4-7(12,13)5(2,8)9/h3-4H2,1-2H3. The zero-order valence-electron chi connectivity index (χ0n) is 7.18. The summed E-state index contributed by atoms with van der Waals surface area (Å²) in [6, 6.07) is 0. The van der Waals surface area contributed by atoms with Crippen molar-refractivity contribution in [2.45, 2.75) is 44.5 Å². The summed E-state index contributed by atoms with van der Waals surface area (Å²) < 4.78 is 73.7. The summed E-state index contributed by atoms with van der Waals surface area (Å²) in [7, 11) is 0. The van der Waals surface area contributed by atoms with Crippen molar-refractivity contribution in [1.82, 2.24) is 0 Å². The van der Waals surface area contributed by atoms with Gasteiger partial charge in [0.25, 0.3) is 5.92 Å². The van der Waals surface area contributed by atoms with E-state index in [4.69, 9.17) is 0 Å². The summed E-state index contributed by atoms with van der Waals surface area (Å²) in [6.07, 6.45) is -2.99. The maximum Gasteiger partial charge on any atom is 0.315 e. The molecule has 80 valence electrons. The van der Waals surface area contributed by atoms with Gasteiger partial charge in [0.1, 0.15) is 0 Å². The van der Waals surface area contributed by atoms with Gasteiger partial charge in [0.2, 0.25) is 0 Å². The lowest BCUT2D eigenvalue weighted by atomic mass is 10.0. The molecular weight excluding hydrogens is 198 g/mol. The summed E-state index contributed by atoms with van der Waals surface area (Å²) in [5.74, 6) is -12.8. The van der Waals surface area contributed by atoms with Crippen LogP contribution in [0, 0.1) is 0 Å². The van der Waals surface area contributed by atoms with Crippen molar-refractivity contribution in [1.29, 1.82) is 0 Å². The SMILES string of the molecule is CCC(F)(F)CC(F)(F)C(C)(F)F. The third-order valence-corrected chi connectivity index (χ3v) is 1.64. The van der Waals surface area contributed by atoms with Crippen LogP contribution in [0.25, 0.3) is 0 Å². The summed E-state index contributed by atoms with van der Waals surface area (Å²) in [5.41, 5.74) is 0. The lowest BCUT2D eigenvalue weighted by molar-refractivity contribution is -0.230. The minimum atomic E-state index is -4.66. The second kappa shape index (κ2) is 3.38. The summed E-state index contributed by atoms with van der Waals surface area (Å²) in [5, 5.41) is 0. The van der Waals surface area contributed by atoms with Crippen LogP contribution >= 0.6 is 0 Å². The molecule has 0 aliphatic rings. The van der Waals surface area contributed by atoms with Crippen LogP contribution in [0.1, 0.15) is 26.7 Å². The van der Waals surface area contributed by atoms with Crippen molar-refractivity contribution in [3.63, 3.8) is 0 Å². The maximum absolute atomic E-state index is 12.4. The van der Waals surface area contributed by atoms with Crippen molar-refractivity contribution in [2.24, 2.45) is 0 Å². The molecule has 0 aliphatic heterocycles. The predicted octanol–water partition coefficient (Wildman–Crippen LogP) is 3.71. The molecule has 0 atom stereocenters. The molecule has 6 heteroatoms. The van der Waals surface area contributed by atoms with Crippen molar-refractivity contribution >= 4 is 0 Å². The molecule has 0 saturated carbocycles. The quantitative estimate of drug-likeness (QED) is 0.618. The highest BCUT2D eigenvalue weighted by atomic mass is 19.3. The van der Waals surface area contributed by atoms with Gasteiger partial charge >= 0.3 is 11.8 Å². The predicted molar refractivity (Wildman–Crippen MR) is 35.4 cm³/mol. The Morgan fingerprint density at radius 3 is 1.54 bits per heavy atom. The van der Waals surface area contributed by atoms with E-state index >= 15 is 0 Å². The summed E-state index contributed by atoms with van der Waals surface area (Å²) in [4.78, 5) is 0. The smallest absolute Gasteiger partial charge is 0.207 e. The van der Waals surface area contributed by atoms with Crippen LogP contribution in [-0.2, 0) is 0 Å². The maximum atomic E-state index is 12.4. The first-order valence-corrected chi connectivity index (χ1v) is 3.65. The van der Waals surface area contributed by atoms with Gasteiger partial charge in [-0.15, -0.1) is 0 Å². The molecule has 0 radical (unpaired) electrons. The van der Waals surface area contributed by atoms with Crippen LogP contribution in [0.5, 0.6) is 0 Å². The number of hydrogen-bond acceptors (Lipinski definition) is 0. The van der Waals surface area contributed by atoms with Gasteiger partial charge < -0.3 is 0 Å². The highest BCUT2D eigenvalue weighted by Crippen LogP contribution is 2.42. The van der Waals surface area contributed by atoms with E-state index in [9.17, 15) is 26.3 Å². The van der Waals surface area contributed by atoms with Crippen molar-refractivity contribution in [2.75, 3.05) is 0 Å². The van der Waals surface area contributed by atoms with Crippen LogP contribution in [0.2, 0.25) is 0 Å². The first kappa shape index (κ1) is 12.6. The molecule has 0 amide bonds. The van der Waals surface area contributed by atoms with Crippen molar-refractivity contribution < 1.29 is 26.3 Å². The average Bonchev–Trinajstić information content (AvgIpc) is 1.83. The first-order chi connectivity index (χ1) is 5.52. The normalized spacial score (nSPS) is 14.8. The minimum Gasteiger partial charge on any atom is -0.207 e. The van der Waals surface area contributed by atoms with Crippen LogP contribution < -0.4 is 0 Å². The van der Waals surface area contributed by atoms with Gasteiger partial charge in [-0.05, 0) is 0 Å². The fraction of sp³-hybridized carbons (Fsp3) is 1.00. The Morgan fingerprint density at radius 1 is 0.923 bits per heavy atom. The second-order valence-corrected chi connectivity index (χ2v) is 2.98. The third-order valence-electron chi connectivity index (χ3n) is 1.64. The highest BCUT2D eigenvalue weighted by molar-refractivity contribution is 4.85. The molecule has 0 nitrogen and oxygen atoms in total. The van der Waals surface area contributed by atoms with Gasteiger partial charge in [0.05, 0.1) is 6.42 Å². The van der Waals surface area contributed by atoms with E-state index < -0.39 is 30.6 Å². The minimum absolute atomic E-state index is 0.0707. The van der Waals surface area contributed by atoms with E-state index in [0.29, 0.717) is 0 Å². The van der Waals surface area contributed by atoms with Gasteiger partial charge in [-0.25, -0.2) is 17.6 Å². The zero-order chi connectivity index (χ0) is 10.9. The fourth-order valence-electron chi connectivity index (χ4n) is 0.605. The summed E-state index contributed by atoms with van der Waals surface area (Å²) >= 11 is 0. The monoisotopic (exact) mass is 208 g/mol. The fourth-order valence-corrected chi connectivity index (χ4v) is 0.605. The highest BCUT2D eigenvalue weighted by Gasteiger charge is 2.56. The molecule has 0 unspecified atom stereocenters. The van der Waals surface area contributed by atoms with E-state index in [2.05, 4.69) is 0 Å². The summed E-state index contributed by atoms with van der Waals surface area (Å²) in [6.45, 7) is 0.891. The Morgan fingerprint density at radius 2 is 1.31 bits per heavy atom. The van der Waals surface area contributed by atoms with Gasteiger partial charge in [-0.3, -0.25) is 0 Å². The van der Waals surface area contributed by atoms with E-state index in [-0.39, 0.29) is 6.92 Å². The Balaban J connectivity index is 4.52. The molecular formula is C7H10F6. The zero-order valence-corrected chi connectivity index (χ0v) is 7.18. The molecule has 0 aromatic rings. The molecule has 0 aromatic heterocycles. The van der Waals surface area contributed by atoms with Crippen molar-refractivity contribution in [3.8, 4) is 0 Å². The van der Waals surface area contributed by atoms with Gasteiger partial charge in [0, 0.05) is 13.3 Å². The molecule has 0 fully saturated rings. The van der Waals surface area contributed by atoms with Gasteiger partial charge in [-0.1, -0.05) is 6.92 Å². The Bertz CT molecular complexity index is 168. The average molecular weight is 208 g/mol. The van der Waals surface area contributed by atoms with Crippen molar-refractivity contribution in [3.05, 3.63) is 0 Å². The van der Waals surface area contributed by atoms with Gasteiger partial charge in [-0.2, -0.15) is 8.78 Å². The number of rotatable bonds is 4. The van der Waals surface area contributed by atoms with E-state index in [0.717, 1.165) is 6.92 Å². The van der Waals surface area contributed by atoms with E-state index in [1.54, 1.807) is 0 Å². The number of halogens is 6. The van der Waals surface area contributed by atoms with Gasteiger partial charge in [0.15, 0.2) is 0 Å². The third kappa shape index (κ3) is 3.44. The van der Waals surface area contributed by atoms with Crippen LogP contribution in [0.15, 0.2) is 0 Å². The lowest BCUT2D eigenvalue weighted by Crippen LogP contribution is -2.42. The van der Waals surface area contributed by atoms with Crippen LogP contribution in [0.4, 0.5) is 26.3 Å². The molecule has 0 spiro atoms.